The fourth-order valence-corrected chi connectivity index (χ4v) is 3.72. The van der Waals surface area contributed by atoms with E-state index in [0.717, 1.165) is 6.54 Å². The molecule has 2 unspecified atom stereocenters. The van der Waals surface area contributed by atoms with Gasteiger partial charge in [0.05, 0.1) is 18.8 Å². The second-order valence-electron chi connectivity index (χ2n) is 7.03. The smallest absolute Gasteiger partial charge is 0.0599 e. The van der Waals surface area contributed by atoms with E-state index in [9.17, 15) is 0 Å². The summed E-state index contributed by atoms with van der Waals surface area (Å²) in [5.41, 5.74) is 4.65. The van der Waals surface area contributed by atoms with Crippen LogP contribution in [0.2, 0.25) is 0 Å². The summed E-state index contributed by atoms with van der Waals surface area (Å²) < 4.78 is 6.06. The minimum absolute atomic E-state index is 0. The van der Waals surface area contributed by atoms with Gasteiger partial charge in [-0.2, -0.15) is 0 Å². The molecule has 2 aliphatic rings. The highest BCUT2D eigenvalue weighted by atomic mass is 16.5. The summed E-state index contributed by atoms with van der Waals surface area (Å²) in [7, 11) is 0. The third kappa shape index (κ3) is 4.67. The van der Waals surface area contributed by atoms with Crippen molar-refractivity contribution in [1.29, 1.82) is 0 Å². The lowest BCUT2D eigenvalue weighted by Gasteiger charge is -2.34. The third-order valence-corrected chi connectivity index (χ3v) is 4.64. The van der Waals surface area contributed by atoms with E-state index in [2.05, 4.69) is 34.6 Å². The van der Waals surface area contributed by atoms with E-state index in [1.807, 2.05) is 0 Å². The van der Waals surface area contributed by atoms with Crippen LogP contribution >= 0.6 is 0 Å². The maximum absolute atomic E-state index is 6.06. The molecule has 0 amide bonds. The van der Waals surface area contributed by atoms with Crippen molar-refractivity contribution in [2.75, 3.05) is 6.54 Å². The van der Waals surface area contributed by atoms with Gasteiger partial charge in [-0.05, 0) is 58.8 Å². The van der Waals surface area contributed by atoms with E-state index < -0.39 is 0 Å². The molecule has 2 heteroatoms. The standard InChI is InChI=1S/C18H31NO.CH4/c1-12(2)18-17-8-6-7-15(20-13(3)4)9-10-16(17)14(5)11-19-18;/h12-13,15,17H,6-11H2,1-5H3;1H4. The molecule has 2 atom stereocenters. The highest BCUT2D eigenvalue weighted by Crippen LogP contribution is 2.36. The van der Waals surface area contributed by atoms with Gasteiger partial charge < -0.3 is 4.74 Å². The number of fused-ring (bicyclic) bond motifs is 1. The predicted octanol–water partition coefficient (Wildman–Crippen LogP) is 5.42. The van der Waals surface area contributed by atoms with Gasteiger partial charge in [0.25, 0.3) is 0 Å². The number of rotatable bonds is 3. The quantitative estimate of drug-likeness (QED) is 0.636. The predicted molar refractivity (Wildman–Crippen MR) is 93.2 cm³/mol. The first-order valence-corrected chi connectivity index (χ1v) is 8.37. The molecule has 1 aliphatic heterocycles. The van der Waals surface area contributed by atoms with Crippen LogP contribution in [0, 0.1) is 11.8 Å². The van der Waals surface area contributed by atoms with Gasteiger partial charge in [-0.3, -0.25) is 4.99 Å². The molecule has 0 spiro atoms. The highest BCUT2D eigenvalue weighted by molar-refractivity contribution is 5.92. The number of hydrogen-bond acceptors (Lipinski definition) is 2. The van der Waals surface area contributed by atoms with Crippen LogP contribution in [0.5, 0.6) is 0 Å². The first-order chi connectivity index (χ1) is 9.49. The topological polar surface area (TPSA) is 21.6 Å². The molecule has 1 aliphatic carbocycles. The fourth-order valence-electron chi connectivity index (χ4n) is 3.72. The maximum Gasteiger partial charge on any atom is 0.0599 e. The molecule has 1 fully saturated rings. The first-order valence-electron chi connectivity index (χ1n) is 8.37. The van der Waals surface area contributed by atoms with Crippen molar-refractivity contribution in [3.63, 3.8) is 0 Å². The molecule has 122 valence electrons. The summed E-state index contributed by atoms with van der Waals surface area (Å²) in [5, 5.41) is 0. The Bertz CT molecular complexity index is 392. The first kappa shape index (κ1) is 18.4. The Morgan fingerprint density at radius 3 is 2.43 bits per heavy atom. The Hall–Kier alpha value is -0.630. The van der Waals surface area contributed by atoms with Crippen LogP contribution in [-0.2, 0) is 4.74 Å². The van der Waals surface area contributed by atoms with Gasteiger partial charge in [-0.1, -0.05) is 32.4 Å². The number of nitrogens with zero attached hydrogens (tertiary/aromatic N) is 1. The van der Waals surface area contributed by atoms with Gasteiger partial charge in [-0.25, -0.2) is 0 Å². The van der Waals surface area contributed by atoms with Crippen LogP contribution in [0.3, 0.4) is 0 Å². The van der Waals surface area contributed by atoms with Crippen LogP contribution in [0.4, 0.5) is 0 Å². The molecule has 0 N–H and O–H groups in total. The maximum atomic E-state index is 6.06. The van der Waals surface area contributed by atoms with E-state index >= 15 is 0 Å². The minimum Gasteiger partial charge on any atom is -0.376 e. The van der Waals surface area contributed by atoms with Crippen molar-refractivity contribution >= 4 is 5.71 Å². The summed E-state index contributed by atoms with van der Waals surface area (Å²) >= 11 is 0. The average molecular weight is 293 g/mol. The summed E-state index contributed by atoms with van der Waals surface area (Å²) in [5.74, 6) is 1.22. The second-order valence-corrected chi connectivity index (χ2v) is 7.03. The highest BCUT2D eigenvalue weighted by Gasteiger charge is 2.29. The van der Waals surface area contributed by atoms with Crippen molar-refractivity contribution in [3.8, 4) is 0 Å². The van der Waals surface area contributed by atoms with Crippen molar-refractivity contribution in [2.24, 2.45) is 16.8 Å². The van der Waals surface area contributed by atoms with Crippen LogP contribution < -0.4 is 0 Å². The summed E-state index contributed by atoms with van der Waals surface area (Å²) in [6.07, 6.45) is 6.95. The lowest BCUT2D eigenvalue weighted by molar-refractivity contribution is -0.00440. The molecule has 0 bridgehead atoms. The van der Waals surface area contributed by atoms with E-state index in [4.69, 9.17) is 9.73 Å². The Morgan fingerprint density at radius 2 is 1.81 bits per heavy atom. The van der Waals surface area contributed by atoms with E-state index in [-0.39, 0.29) is 7.43 Å². The second kappa shape index (κ2) is 8.12. The number of hydrogen-bond donors (Lipinski definition) is 0. The molecule has 0 saturated heterocycles. The zero-order valence-corrected chi connectivity index (χ0v) is 13.9. The van der Waals surface area contributed by atoms with Crippen LogP contribution in [0.15, 0.2) is 16.1 Å². The van der Waals surface area contributed by atoms with Crippen molar-refractivity contribution in [1.82, 2.24) is 0 Å². The van der Waals surface area contributed by atoms with Gasteiger partial charge in [0.1, 0.15) is 0 Å². The molecule has 2 nitrogen and oxygen atoms in total. The molecule has 0 aromatic heterocycles. The molecule has 1 saturated carbocycles. The van der Waals surface area contributed by atoms with Crippen LogP contribution in [-0.4, -0.2) is 24.5 Å². The van der Waals surface area contributed by atoms with Crippen LogP contribution in [0.25, 0.3) is 0 Å². The molecule has 0 radical (unpaired) electrons. The van der Waals surface area contributed by atoms with Crippen molar-refractivity contribution in [3.05, 3.63) is 11.1 Å². The number of dihydropyridines is 1. The molecule has 2 rings (SSSR count). The third-order valence-electron chi connectivity index (χ3n) is 4.64. The largest absolute Gasteiger partial charge is 0.376 e. The lowest BCUT2D eigenvalue weighted by atomic mass is 9.76. The number of ether oxygens (including phenoxy) is 1. The van der Waals surface area contributed by atoms with E-state index in [1.165, 1.54) is 43.4 Å². The van der Waals surface area contributed by atoms with Gasteiger partial charge in [-0.15, -0.1) is 0 Å². The zero-order chi connectivity index (χ0) is 14.7. The number of allylic oxidation sites excluding steroid dienone is 1. The summed E-state index contributed by atoms with van der Waals surface area (Å²) in [6, 6.07) is 0. The Morgan fingerprint density at radius 1 is 1.10 bits per heavy atom. The zero-order valence-electron chi connectivity index (χ0n) is 13.9. The molecular formula is C19H35NO. The fraction of sp³-hybridized carbons (Fsp3) is 0.842. The molecule has 21 heavy (non-hydrogen) atoms. The van der Waals surface area contributed by atoms with Gasteiger partial charge >= 0.3 is 0 Å². The molecule has 1 heterocycles. The summed E-state index contributed by atoms with van der Waals surface area (Å²) in [4.78, 5) is 4.86. The Labute approximate surface area is 132 Å². The van der Waals surface area contributed by atoms with Gasteiger partial charge in [0.15, 0.2) is 0 Å². The molecular weight excluding hydrogens is 258 g/mol. The van der Waals surface area contributed by atoms with Gasteiger partial charge in [0, 0.05) is 11.6 Å². The SMILES string of the molecule is C.CC1=C2CCC(OC(C)C)CCCC2C(C(C)C)=NC1. The summed E-state index contributed by atoms with van der Waals surface area (Å²) in [6.45, 7) is 12.1. The van der Waals surface area contributed by atoms with E-state index in [0.29, 0.717) is 24.0 Å². The Kier molecular flexibility index (Phi) is 7.12. The average Bonchev–Trinajstić information content (AvgIpc) is 2.33. The number of aliphatic imine (C=N–C) groups is 1. The normalized spacial score (nSPS) is 26.9. The van der Waals surface area contributed by atoms with Crippen molar-refractivity contribution in [2.45, 2.75) is 86.4 Å². The minimum atomic E-state index is 0. The molecule has 0 aromatic carbocycles. The van der Waals surface area contributed by atoms with Crippen LogP contribution in [0.1, 0.15) is 74.1 Å². The van der Waals surface area contributed by atoms with Crippen molar-refractivity contribution < 1.29 is 4.74 Å². The monoisotopic (exact) mass is 293 g/mol. The van der Waals surface area contributed by atoms with E-state index in [1.54, 1.807) is 5.57 Å². The molecule has 0 aromatic rings. The lowest BCUT2D eigenvalue weighted by Crippen LogP contribution is -2.30. The van der Waals surface area contributed by atoms with Gasteiger partial charge in [0.2, 0.25) is 0 Å². The Balaban J connectivity index is 0.00000220.